The third kappa shape index (κ3) is 7.63. The summed E-state index contributed by atoms with van der Waals surface area (Å²) in [4.78, 5) is 19.6. The molecule has 2 heterocycles. The van der Waals surface area contributed by atoms with Gasteiger partial charge in [-0.15, -0.1) is 0 Å². The molecule has 0 unspecified atom stereocenters. The summed E-state index contributed by atoms with van der Waals surface area (Å²) >= 11 is 0. The number of rotatable bonds is 11. The number of carbonyl (C=O) groups excluding carboxylic acids is 1. The summed E-state index contributed by atoms with van der Waals surface area (Å²) in [6, 6.07) is 14.4. The Morgan fingerprint density at radius 3 is 2.36 bits per heavy atom. The average Bonchev–Trinajstić information content (AvgIpc) is 3.39. The number of hydrogen-bond donors (Lipinski definition) is 1. The highest BCUT2D eigenvalue weighted by Crippen LogP contribution is 2.35. The number of benzene rings is 2. The number of hydrogen-bond acceptors (Lipinski definition) is 8. The van der Waals surface area contributed by atoms with Crippen molar-refractivity contribution in [1.29, 1.82) is 0 Å². The van der Waals surface area contributed by atoms with Crippen LogP contribution in [0.15, 0.2) is 66.0 Å². The summed E-state index contributed by atoms with van der Waals surface area (Å²) in [6.45, 7) is 2.48. The number of nitrogens with zero attached hydrogens (tertiary/aromatic N) is 4. The number of carbonyl (C=O) groups is 1. The topological polar surface area (TPSA) is 125 Å². The SMILES string of the molecule is COc1ccc(-c2cc(C(F)(F)F)nc(S(=O)(=O)CCCC(=O)Nc3ccn(Cc4ccc(C)cc4)n3)n2)cc1OC. The van der Waals surface area contributed by atoms with Gasteiger partial charge in [-0.05, 0) is 43.2 Å². The Hall–Kier alpha value is -4.46. The molecule has 42 heavy (non-hydrogen) atoms. The molecule has 2 aromatic carbocycles. The van der Waals surface area contributed by atoms with E-state index in [2.05, 4.69) is 20.4 Å². The average molecular weight is 604 g/mol. The van der Waals surface area contributed by atoms with Gasteiger partial charge in [-0.1, -0.05) is 29.8 Å². The van der Waals surface area contributed by atoms with Gasteiger partial charge in [-0.2, -0.15) is 18.3 Å². The normalized spacial score (nSPS) is 11.8. The van der Waals surface area contributed by atoms with Crippen molar-refractivity contribution in [2.75, 3.05) is 25.3 Å². The van der Waals surface area contributed by atoms with E-state index in [9.17, 15) is 26.4 Å². The summed E-state index contributed by atoms with van der Waals surface area (Å²) in [7, 11) is -1.63. The largest absolute Gasteiger partial charge is 0.493 e. The molecule has 10 nitrogen and oxygen atoms in total. The Morgan fingerprint density at radius 2 is 1.69 bits per heavy atom. The molecule has 4 aromatic rings. The first-order chi connectivity index (χ1) is 19.9. The molecule has 1 N–H and O–H groups in total. The summed E-state index contributed by atoms with van der Waals surface area (Å²) in [5.74, 6) is -0.305. The van der Waals surface area contributed by atoms with Crippen LogP contribution in [-0.2, 0) is 27.4 Å². The zero-order valence-corrected chi connectivity index (χ0v) is 23.8. The van der Waals surface area contributed by atoms with Crippen LogP contribution in [0.3, 0.4) is 0 Å². The zero-order chi connectivity index (χ0) is 30.5. The van der Waals surface area contributed by atoms with Crippen LogP contribution >= 0.6 is 0 Å². The zero-order valence-electron chi connectivity index (χ0n) is 23.0. The van der Waals surface area contributed by atoms with Crippen LogP contribution in [0, 0.1) is 6.92 Å². The van der Waals surface area contributed by atoms with E-state index in [1.165, 1.54) is 32.4 Å². The van der Waals surface area contributed by atoms with Gasteiger partial charge < -0.3 is 14.8 Å². The van der Waals surface area contributed by atoms with Crippen LogP contribution in [0.4, 0.5) is 19.0 Å². The number of aromatic nitrogens is 4. The molecule has 4 rings (SSSR count). The molecule has 0 saturated carbocycles. The number of anilines is 1. The van der Waals surface area contributed by atoms with E-state index in [1.54, 1.807) is 16.9 Å². The highest BCUT2D eigenvalue weighted by molar-refractivity contribution is 7.91. The van der Waals surface area contributed by atoms with Crippen LogP contribution in [0.2, 0.25) is 0 Å². The molecule has 0 aliphatic heterocycles. The van der Waals surface area contributed by atoms with Crippen molar-refractivity contribution in [2.45, 2.75) is 37.6 Å². The van der Waals surface area contributed by atoms with E-state index in [4.69, 9.17) is 9.47 Å². The summed E-state index contributed by atoms with van der Waals surface area (Å²) < 4.78 is 78.8. The fourth-order valence-corrected chi connectivity index (χ4v) is 5.15. The molecule has 14 heteroatoms. The maximum absolute atomic E-state index is 13.6. The molecule has 2 aromatic heterocycles. The highest BCUT2D eigenvalue weighted by atomic mass is 32.2. The first-order valence-electron chi connectivity index (χ1n) is 12.7. The first-order valence-corrected chi connectivity index (χ1v) is 14.3. The van der Waals surface area contributed by atoms with Gasteiger partial charge >= 0.3 is 6.18 Å². The second kappa shape index (κ2) is 12.6. The smallest absolute Gasteiger partial charge is 0.433 e. The molecule has 0 aliphatic rings. The third-order valence-electron chi connectivity index (χ3n) is 6.14. The minimum absolute atomic E-state index is 0.165. The molecule has 0 spiro atoms. The van der Waals surface area contributed by atoms with Crippen LogP contribution in [0.1, 0.15) is 29.7 Å². The quantitative estimate of drug-likeness (QED) is 0.240. The number of nitrogens with one attached hydrogen (secondary N) is 1. The molecule has 0 atom stereocenters. The van der Waals surface area contributed by atoms with E-state index >= 15 is 0 Å². The van der Waals surface area contributed by atoms with Gasteiger partial charge in [-0.3, -0.25) is 9.48 Å². The fraction of sp³-hybridized carbons (Fsp3) is 0.286. The molecular weight excluding hydrogens is 575 g/mol. The second-order valence-corrected chi connectivity index (χ2v) is 11.3. The standard InChI is InChI=1S/C28H28F3N5O5S/c1-18-6-8-19(9-7-18)17-36-13-12-25(35-36)34-26(37)5-4-14-42(38,39)27-32-21(16-24(33-27)28(29,30)31)20-10-11-22(40-2)23(15-20)41-3/h6-13,15-16H,4-5,14,17H2,1-3H3,(H,34,35,37). The van der Waals surface area contributed by atoms with Crippen LogP contribution < -0.4 is 14.8 Å². The van der Waals surface area contributed by atoms with Crippen molar-refractivity contribution in [1.82, 2.24) is 19.7 Å². The third-order valence-corrected chi connectivity index (χ3v) is 7.71. The maximum atomic E-state index is 13.6. The lowest BCUT2D eigenvalue weighted by Crippen LogP contribution is -2.18. The van der Waals surface area contributed by atoms with Gasteiger partial charge in [0.15, 0.2) is 17.3 Å². The van der Waals surface area contributed by atoms with Crippen LogP contribution in [0.25, 0.3) is 11.3 Å². The van der Waals surface area contributed by atoms with Gasteiger partial charge in [0, 0.05) is 24.2 Å². The molecule has 0 fully saturated rings. The predicted octanol–water partition coefficient (Wildman–Crippen LogP) is 4.93. The van der Waals surface area contributed by atoms with Crippen molar-refractivity contribution in [3.8, 4) is 22.8 Å². The number of halogens is 3. The van der Waals surface area contributed by atoms with E-state index in [0.717, 1.165) is 11.1 Å². The number of aryl methyl sites for hydroxylation is 1. The lowest BCUT2D eigenvalue weighted by atomic mass is 10.1. The van der Waals surface area contributed by atoms with E-state index in [1.807, 2.05) is 31.2 Å². The maximum Gasteiger partial charge on any atom is 0.433 e. The Kier molecular flexibility index (Phi) is 9.14. The minimum atomic E-state index is -4.93. The number of alkyl halides is 3. The molecule has 222 valence electrons. The minimum Gasteiger partial charge on any atom is -0.493 e. The highest BCUT2D eigenvalue weighted by Gasteiger charge is 2.35. The number of sulfone groups is 1. The second-order valence-electron chi connectivity index (χ2n) is 9.34. The Labute approximate surface area is 240 Å². The Morgan fingerprint density at radius 1 is 0.976 bits per heavy atom. The lowest BCUT2D eigenvalue weighted by molar-refractivity contribution is -0.141. The molecule has 0 bridgehead atoms. The monoisotopic (exact) mass is 603 g/mol. The van der Waals surface area contributed by atoms with E-state index in [0.29, 0.717) is 18.4 Å². The van der Waals surface area contributed by atoms with Gasteiger partial charge in [0.2, 0.25) is 20.9 Å². The molecule has 0 saturated heterocycles. The van der Waals surface area contributed by atoms with Crippen LogP contribution in [-0.4, -0.2) is 54.0 Å². The number of ether oxygens (including phenoxy) is 2. The van der Waals surface area contributed by atoms with Gasteiger partial charge in [0.05, 0.1) is 32.2 Å². The number of methoxy groups -OCH3 is 2. The van der Waals surface area contributed by atoms with Gasteiger partial charge in [-0.25, -0.2) is 18.4 Å². The van der Waals surface area contributed by atoms with Crippen molar-refractivity contribution in [3.05, 3.63) is 77.6 Å². The van der Waals surface area contributed by atoms with E-state index in [-0.39, 0.29) is 35.7 Å². The summed E-state index contributed by atoms with van der Waals surface area (Å²) in [6.07, 6.45) is -3.63. The van der Waals surface area contributed by atoms with E-state index < -0.39 is 38.5 Å². The van der Waals surface area contributed by atoms with Crippen molar-refractivity contribution < 1.29 is 35.9 Å². The van der Waals surface area contributed by atoms with Gasteiger partial charge in [0.25, 0.3) is 0 Å². The molecule has 0 aliphatic carbocycles. The lowest BCUT2D eigenvalue weighted by Gasteiger charge is -2.13. The predicted molar refractivity (Wildman–Crippen MR) is 148 cm³/mol. The fourth-order valence-electron chi connectivity index (χ4n) is 3.97. The molecule has 0 radical (unpaired) electrons. The number of amides is 1. The van der Waals surface area contributed by atoms with Crippen molar-refractivity contribution >= 4 is 21.6 Å². The van der Waals surface area contributed by atoms with Crippen molar-refractivity contribution in [3.63, 3.8) is 0 Å². The Bertz CT molecular complexity index is 1670. The summed E-state index contributed by atoms with van der Waals surface area (Å²) in [5.41, 5.74) is 0.638. The first kappa shape index (κ1) is 30.5. The van der Waals surface area contributed by atoms with Crippen LogP contribution in [0.5, 0.6) is 11.5 Å². The van der Waals surface area contributed by atoms with Gasteiger partial charge in [0.1, 0.15) is 5.69 Å². The molecular formula is C28H28F3N5O5S. The Balaban J connectivity index is 1.43. The molecule has 1 amide bonds. The van der Waals surface area contributed by atoms with Crippen molar-refractivity contribution in [2.24, 2.45) is 0 Å². The summed E-state index contributed by atoms with van der Waals surface area (Å²) in [5, 5.41) is 5.90.